The Morgan fingerprint density at radius 1 is 1.09 bits per heavy atom. The van der Waals surface area contributed by atoms with Crippen LogP contribution in [-0.2, 0) is 19.6 Å². The third-order valence-electron chi connectivity index (χ3n) is 5.09. The van der Waals surface area contributed by atoms with Gasteiger partial charge >= 0.3 is 0 Å². The molecule has 4 aromatic rings. The summed E-state index contributed by atoms with van der Waals surface area (Å²) in [4.78, 5) is 7.93. The SMILES string of the molecule is COc1ccc(Br)c(CNCCc2nc3ccccc3[nH]2)c1OCc1c(F)cccc1Cl. The summed E-state index contributed by atoms with van der Waals surface area (Å²) in [7, 11) is 1.57. The van der Waals surface area contributed by atoms with Crippen LogP contribution in [0.4, 0.5) is 4.39 Å². The molecule has 3 aromatic carbocycles. The van der Waals surface area contributed by atoms with Crippen molar-refractivity contribution in [2.75, 3.05) is 13.7 Å². The fourth-order valence-corrected chi connectivity index (χ4v) is 4.09. The first-order valence-corrected chi connectivity index (χ1v) is 11.3. The first-order chi connectivity index (χ1) is 15.6. The molecular weight excluding hydrogens is 497 g/mol. The van der Waals surface area contributed by atoms with Crippen molar-refractivity contribution in [3.63, 3.8) is 0 Å². The van der Waals surface area contributed by atoms with Crippen LogP contribution < -0.4 is 14.8 Å². The van der Waals surface area contributed by atoms with Gasteiger partial charge in [0.15, 0.2) is 11.5 Å². The lowest BCUT2D eigenvalue weighted by Gasteiger charge is -2.18. The number of rotatable bonds is 9. The minimum Gasteiger partial charge on any atom is -0.493 e. The Labute approximate surface area is 199 Å². The lowest BCUT2D eigenvalue weighted by Crippen LogP contribution is -2.18. The molecular formula is C24H22BrClFN3O2. The van der Waals surface area contributed by atoms with E-state index in [1.807, 2.05) is 30.3 Å². The van der Waals surface area contributed by atoms with Crippen molar-refractivity contribution < 1.29 is 13.9 Å². The minimum absolute atomic E-state index is 0.00962. The molecule has 0 aliphatic heterocycles. The Morgan fingerprint density at radius 3 is 2.72 bits per heavy atom. The molecule has 0 aliphatic carbocycles. The summed E-state index contributed by atoms with van der Waals surface area (Å²) in [6.45, 7) is 1.23. The zero-order valence-corrected chi connectivity index (χ0v) is 19.8. The van der Waals surface area contributed by atoms with Crippen molar-refractivity contribution in [3.8, 4) is 11.5 Å². The molecule has 0 saturated heterocycles. The van der Waals surface area contributed by atoms with Gasteiger partial charge in [0.1, 0.15) is 18.2 Å². The zero-order valence-electron chi connectivity index (χ0n) is 17.4. The van der Waals surface area contributed by atoms with Gasteiger partial charge in [0.05, 0.1) is 23.2 Å². The second-order valence-electron chi connectivity index (χ2n) is 7.17. The molecule has 0 saturated carbocycles. The van der Waals surface area contributed by atoms with Gasteiger partial charge in [-0.15, -0.1) is 0 Å². The molecule has 1 heterocycles. The summed E-state index contributed by atoms with van der Waals surface area (Å²) in [5.41, 5.74) is 3.17. The summed E-state index contributed by atoms with van der Waals surface area (Å²) >= 11 is 9.74. The fraction of sp³-hybridized carbons (Fsp3) is 0.208. The van der Waals surface area contributed by atoms with Crippen LogP contribution in [0.15, 0.2) is 59.1 Å². The van der Waals surface area contributed by atoms with Gasteiger partial charge in [0.25, 0.3) is 0 Å². The summed E-state index contributed by atoms with van der Waals surface area (Å²) in [6, 6.07) is 16.2. The summed E-state index contributed by atoms with van der Waals surface area (Å²) in [5.74, 6) is 1.62. The highest BCUT2D eigenvalue weighted by Gasteiger charge is 2.16. The van der Waals surface area contributed by atoms with E-state index in [1.54, 1.807) is 25.3 Å². The van der Waals surface area contributed by atoms with Gasteiger partial charge in [-0.05, 0) is 36.4 Å². The van der Waals surface area contributed by atoms with Crippen molar-refractivity contribution in [1.82, 2.24) is 15.3 Å². The molecule has 0 amide bonds. The van der Waals surface area contributed by atoms with E-state index in [4.69, 9.17) is 21.1 Å². The van der Waals surface area contributed by atoms with Crippen LogP contribution in [0, 0.1) is 5.82 Å². The van der Waals surface area contributed by atoms with Crippen LogP contribution in [0.3, 0.4) is 0 Å². The second-order valence-corrected chi connectivity index (χ2v) is 8.44. The topological polar surface area (TPSA) is 59.2 Å². The third-order valence-corrected chi connectivity index (χ3v) is 6.19. The lowest BCUT2D eigenvalue weighted by molar-refractivity contribution is 0.276. The Balaban J connectivity index is 1.45. The zero-order chi connectivity index (χ0) is 22.5. The smallest absolute Gasteiger partial charge is 0.167 e. The highest BCUT2D eigenvalue weighted by Crippen LogP contribution is 2.37. The van der Waals surface area contributed by atoms with Crippen molar-refractivity contribution in [2.45, 2.75) is 19.6 Å². The van der Waals surface area contributed by atoms with Crippen LogP contribution >= 0.6 is 27.5 Å². The highest BCUT2D eigenvalue weighted by atomic mass is 79.9. The number of H-pyrrole nitrogens is 1. The summed E-state index contributed by atoms with van der Waals surface area (Å²) < 4.78 is 26.5. The number of hydrogen-bond acceptors (Lipinski definition) is 4. The molecule has 0 unspecified atom stereocenters. The van der Waals surface area contributed by atoms with Crippen LogP contribution in [-0.4, -0.2) is 23.6 Å². The van der Waals surface area contributed by atoms with Gasteiger partial charge in [-0.2, -0.15) is 0 Å². The number of aromatic amines is 1. The molecule has 0 bridgehead atoms. The summed E-state index contributed by atoms with van der Waals surface area (Å²) in [6.07, 6.45) is 0.747. The molecule has 32 heavy (non-hydrogen) atoms. The molecule has 5 nitrogen and oxygen atoms in total. The van der Waals surface area contributed by atoms with Crippen molar-refractivity contribution >= 4 is 38.6 Å². The number of methoxy groups -OCH3 is 1. The highest BCUT2D eigenvalue weighted by molar-refractivity contribution is 9.10. The molecule has 166 valence electrons. The van der Waals surface area contributed by atoms with E-state index in [9.17, 15) is 4.39 Å². The van der Waals surface area contributed by atoms with E-state index in [0.29, 0.717) is 35.2 Å². The fourth-order valence-electron chi connectivity index (χ4n) is 3.42. The summed E-state index contributed by atoms with van der Waals surface area (Å²) in [5, 5.41) is 3.75. The Bertz CT molecular complexity index is 1180. The molecule has 4 rings (SSSR count). The van der Waals surface area contributed by atoms with Gasteiger partial charge in [0, 0.05) is 35.1 Å². The van der Waals surface area contributed by atoms with Gasteiger partial charge in [-0.1, -0.05) is 45.7 Å². The molecule has 1 aromatic heterocycles. The molecule has 0 radical (unpaired) electrons. The Kier molecular flexibility index (Phi) is 7.29. The monoisotopic (exact) mass is 517 g/mol. The largest absolute Gasteiger partial charge is 0.493 e. The number of nitrogens with one attached hydrogen (secondary N) is 2. The maximum atomic E-state index is 14.2. The normalized spacial score (nSPS) is 11.1. The maximum Gasteiger partial charge on any atom is 0.167 e. The predicted molar refractivity (Wildman–Crippen MR) is 128 cm³/mol. The van der Waals surface area contributed by atoms with Crippen LogP contribution in [0.5, 0.6) is 11.5 Å². The first kappa shape index (κ1) is 22.6. The van der Waals surface area contributed by atoms with Gasteiger partial charge in [-0.3, -0.25) is 0 Å². The van der Waals surface area contributed by atoms with Crippen LogP contribution in [0.2, 0.25) is 5.02 Å². The van der Waals surface area contributed by atoms with E-state index < -0.39 is 5.82 Å². The number of aromatic nitrogens is 2. The quantitative estimate of drug-likeness (QED) is 0.265. The van der Waals surface area contributed by atoms with Gasteiger partial charge in [-0.25, -0.2) is 9.37 Å². The van der Waals surface area contributed by atoms with Gasteiger partial charge < -0.3 is 19.8 Å². The van der Waals surface area contributed by atoms with Crippen LogP contribution in [0.25, 0.3) is 11.0 Å². The number of fused-ring (bicyclic) bond motifs is 1. The van der Waals surface area contributed by atoms with E-state index in [0.717, 1.165) is 33.3 Å². The lowest BCUT2D eigenvalue weighted by atomic mass is 10.1. The molecule has 0 aliphatic rings. The molecule has 0 atom stereocenters. The Morgan fingerprint density at radius 2 is 1.94 bits per heavy atom. The maximum absolute atomic E-state index is 14.2. The minimum atomic E-state index is -0.406. The number of ether oxygens (including phenoxy) is 2. The van der Waals surface area contributed by atoms with Gasteiger partial charge in [0.2, 0.25) is 0 Å². The predicted octanol–water partition coefficient (Wildman–Crippen LogP) is 6.04. The van der Waals surface area contributed by atoms with E-state index in [1.165, 1.54) is 6.07 Å². The second kappa shape index (κ2) is 10.3. The third kappa shape index (κ3) is 5.06. The van der Waals surface area contributed by atoms with Crippen molar-refractivity contribution in [3.05, 3.63) is 86.9 Å². The standard InChI is InChI=1S/C24H22BrClFN3O2/c1-31-22-10-9-17(25)15(24(22)32-14-16-18(26)5-4-6-19(16)27)13-28-12-11-23-29-20-7-2-3-8-21(20)30-23/h2-10,28H,11-14H2,1H3,(H,29,30). The number of nitrogens with zero attached hydrogens (tertiary/aromatic N) is 1. The number of hydrogen-bond donors (Lipinski definition) is 2. The number of imidazole rings is 1. The first-order valence-electron chi connectivity index (χ1n) is 10.1. The average molecular weight is 519 g/mol. The Hall–Kier alpha value is -2.61. The molecule has 2 N–H and O–H groups in total. The van der Waals surface area contributed by atoms with E-state index in [2.05, 4.69) is 31.2 Å². The van der Waals surface area contributed by atoms with Crippen LogP contribution in [0.1, 0.15) is 17.0 Å². The van der Waals surface area contributed by atoms with E-state index in [-0.39, 0.29) is 6.61 Å². The molecule has 0 fully saturated rings. The molecule has 8 heteroatoms. The number of benzene rings is 3. The number of para-hydroxylation sites is 2. The van der Waals surface area contributed by atoms with Crippen molar-refractivity contribution in [2.24, 2.45) is 0 Å². The van der Waals surface area contributed by atoms with E-state index >= 15 is 0 Å². The average Bonchev–Trinajstić information content (AvgIpc) is 3.20. The molecule has 0 spiro atoms. The number of halogens is 3. The van der Waals surface area contributed by atoms with Crippen molar-refractivity contribution in [1.29, 1.82) is 0 Å².